The van der Waals surface area contributed by atoms with Crippen molar-refractivity contribution in [1.82, 2.24) is 10.6 Å². The molecule has 34 heavy (non-hydrogen) atoms. The van der Waals surface area contributed by atoms with Crippen LogP contribution in [0.5, 0.6) is 0 Å². The molecule has 3 rings (SSSR count). The molecule has 2 atom stereocenters. The second-order valence-electron chi connectivity index (χ2n) is 7.70. The Kier molecular flexibility index (Phi) is 8.08. The number of amides is 2. The number of fused-ring (bicyclic) bond motifs is 3. The molecule has 0 fully saturated rings. The van der Waals surface area contributed by atoms with Gasteiger partial charge in [-0.05, 0) is 22.3 Å². The fraction of sp³-hybridized carbons (Fsp3) is 0.348. The number of aliphatic carboxylic acids is 1. The zero-order valence-corrected chi connectivity index (χ0v) is 17.7. The molecule has 2 aromatic carbocycles. The number of ether oxygens (including phenoxy) is 1. The van der Waals surface area contributed by atoms with Crippen LogP contribution in [0.25, 0.3) is 11.1 Å². The number of alkyl halides is 4. The lowest BCUT2D eigenvalue weighted by Crippen LogP contribution is -2.52. The Morgan fingerprint density at radius 1 is 0.912 bits per heavy atom. The van der Waals surface area contributed by atoms with Gasteiger partial charge < -0.3 is 20.5 Å². The summed E-state index contributed by atoms with van der Waals surface area (Å²) >= 11 is 0. The van der Waals surface area contributed by atoms with Crippen LogP contribution in [0.15, 0.2) is 48.5 Å². The van der Waals surface area contributed by atoms with E-state index in [-0.39, 0.29) is 12.5 Å². The number of alkyl carbamates (subject to hydrolysis) is 1. The zero-order valence-electron chi connectivity index (χ0n) is 17.7. The molecule has 0 aromatic heterocycles. The minimum atomic E-state index is -3.25. The molecule has 182 valence electrons. The minimum Gasteiger partial charge on any atom is -0.481 e. The van der Waals surface area contributed by atoms with Crippen LogP contribution >= 0.6 is 0 Å². The number of carbonyl (C=O) groups is 3. The molecule has 0 spiro atoms. The summed E-state index contributed by atoms with van der Waals surface area (Å²) in [7, 11) is 0. The predicted octanol–water partition coefficient (Wildman–Crippen LogP) is 3.77. The van der Waals surface area contributed by atoms with Crippen LogP contribution < -0.4 is 10.6 Å². The van der Waals surface area contributed by atoms with Gasteiger partial charge in [-0.1, -0.05) is 48.5 Å². The number of nitrogens with one attached hydrogen (secondary N) is 2. The van der Waals surface area contributed by atoms with Crippen molar-refractivity contribution in [3.05, 3.63) is 59.7 Å². The predicted molar refractivity (Wildman–Crippen MR) is 113 cm³/mol. The maximum absolute atomic E-state index is 13.0. The van der Waals surface area contributed by atoms with Gasteiger partial charge in [0.2, 0.25) is 12.3 Å². The molecular weight excluding hydrogens is 460 g/mol. The van der Waals surface area contributed by atoms with Gasteiger partial charge in [0.05, 0.1) is 6.42 Å². The first-order valence-corrected chi connectivity index (χ1v) is 10.4. The Morgan fingerprint density at radius 3 is 1.97 bits per heavy atom. The van der Waals surface area contributed by atoms with E-state index in [9.17, 15) is 31.9 Å². The van der Waals surface area contributed by atoms with Crippen molar-refractivity contribution in [3.63, 3.8) is 0 Å². The van der Waals surface area contributed by atoms with Gasteiger partial charge in [0.1, 0.15) is 18.7 Å². The van der Waals surface area contributed by atoms with Gasteiger partial charge in [-0.3, -0.25) is 9.59 Å². The van der Waals surface area contributed by atoms with Crippen LogP contribution in [0.4, 0.5) is 22.4 Å². The van der Waals surface area contributed by atoms with Crippen molar-refractivity contribution in [1.29, 1.82) is 0 Å². The van der Waals surface area contributed by atoms with Gasteiger partial charge in [-0.25, -0.2) is 22.4 Å². The molecule has 2 amide bonds. The first-order chi connectivity index (χ1) is 16.2. The van der Waals surface area contributed by atoms with Crippen LogP contribution in [0.3, 0.4) is 0 Å². The highest BCUT2D eigenvalue weighted by atomic mass is 19.3. The fourth-order valence-corrected chi connectivity index (χ4v) is 3.87. The molecule has 0 radical (unpaired) electrons. The molecule has 0 aliphatic heterocycles. The topological polar surface area (TPSA) is 105 Å². The molecule has 0 saturated carbocycles. The van der Waals surface area contributed by atoms with Gasteiger partial charge in [-0.2, -0.15) is 0 Å². The molecule has 11 heteroatoms. The van der Waals surface area contributed by atoms with Crippen LogP contribution in [-0.2, 0) is 14.3 Å². The first-order valence-electron chi connectivity index (χ1n) is 10.4. The second kappa shape index (κ2) is 11.0. The van der Waals surface area contributed by atoms with E-state index in [2.05, 4.69) is 0 Å². The summed E-state index contributed by atoms with van der Waals surface area (Å²) in [5.41, 5.74) is 3.76. The van der Waals surface area contributed by atoms with Crippen LogP contribution in [-0.4, -0.2) is 54.6 Å². The fourth-order valence-electron chi connectivity index (χ4n) is 3.87. The maximum Gasteiger partial charge on any atom is 0.407 e. The summed E-state index contributed by atoms with van der Waals surface area (Å²) in [6.45, 7) is -0.151. The van der Waals surface area contributed by atoms with Crippen LogP contribution in [0.1, 0.15) is 29.9 Å². The molecule has 2 unspecified atom stereocenters. The number of carboxylic acid groups (broad SMARTS) is 1. The van der Waals surface area contributed by atoms with Crippen molar-refractivity contribution in [3.8, 4) is 11.1 Å². The van der Waals surface area contributed by atoms with E-state index in [1.807, 2.05) is 53.8 Å². The highest BCUT2D eigenvalue weighted by molar-refractivity contribution is 5.86. The Labute approximate surface area is 192 Å². The van der Waals surface area contributed by atoms with E-state index in [1.54, 1.807) is 5.32 Å². The Balaban J connectivity index is 1.66. The van der Waals surface area contributed by atoms with Crippen LogP contribution in [0, 0.1) is 0 Å². The quantitative estimate of drug-likeness (QED) is 0.447. The molecule has 2 aromatic rings. The average Bonchev–Trinajstić information content (AvgIpc) is 3.10. The summed E-state index contributed by atoms with van der Waals surface area (Å²) in [4.78, 5) is 35.3. The number of carbonyl (C=O) groups excluding carboxylic acids is 2. The normalized spacial score (nSPS) is 14.3. The van der Waals surface area contributed by atoms with E-state index in [4.69, 9.17) is 9.84 Å². The number of rotatable bonds is 10. The first kappa shape index (κ1) is 25.0. The summed E-state index contributed by atoms with van der Waals surface area (Å²) in [6, 6.07) is 11.0. The molecule has 0 bridgehead atoms. The third-order valence-corrected chi connectivity index (χ3v) is 5.39. The summed E-state index contributed by atoms with van der Waals surface area (Å²) in [6.07, 6.45) is -9.76. The highest BCUT2D eigenvalue weighted by Crippen LogP contribution is 2.44. The maximum atomic E-state index is 13.0. The second-order valence-corrected chi connectivity index (χ2v) is 7.70. The van der Waals surface area contributed by atoms with Gasteiger partial charge in [0, 0.05) is 12.3 Å². The van der Waals surface area contributed by atoms with Crippen molar-refractivity contribution in [2.45, 2.75) is 43.7 Å². The Hall–Kier alpha value is -3.63. The molecule has 1 aliphatic carbocycles. The third-order valence-electron chi connectivity index (χ3n) is 5.39. The summed E-state index contributed by atoms with van der Waals surface area (Å²) in [5.74, 6) is -3.29. The van der Waals surface area contributed by atoms with Gasteiger partial charge >= 0.3 is 12.1 Å². The van der Waals surface area contributed by atoms with Crippen molar-refractivity contribution in [2.75, 3.05) is 6.61 Å². The standard InChI is InChI=1S/C23H22F4N2O5/c24-19(25)9-18(22(32)28-17(21(26)27)10-20(30)31)29-23(33)34-11-16-14-7-3-1-5-12(14)13-6-2-4-8-15(13)16/h1-8,16-19,21H,9-11H2,(H,28,32)(H,29,33)(H,30,31). The third kappa shape index (κ3) is 6.03. The molecule has 0 heterocycles. The average molecular weight is 482 g/mol. The molecular formula is C23H22F4N2O5. The highest BCUT2D eigenvalue weighted by Gasteiger charge is 2.32. The Morgan fingerprint density at radius 2 is 1.47 bits per heavy atom. The number of halogens is 4. The van der Waals surface area contributed by atoms with Gasteiger partial charge in [0.15, 0.2) is 0 Å². The number of hydrogen-bond donors (Lipinski definition) is 3. The SMILES string of the molecule is O=C(O)CC(NC(=O)C(CC(F)F)NC(=O)OCC1c2ccccc2-c2ccccc21)C(F)F. The molecule has 3 N–H and O–H groups in total. The van der Waals surface area contributed by atoms with E-state index in [0.717, 1.165) is 22.3 Å². The van der Waals surface area contributed by atoms with Crippen molar-refractivity contribution >= 4 is 18.0 Å². The lowest BCUT2D eigenvalue weighted by atomic mass is 9.98. The zero-order chi connectivity index (χ0) is 24.8. The van der Waals surface area contributed by atoms with Gasteiger partial charge in [0.25, 0.3) is 6.43 Å². The molecule has 1 aliphatic rings. The monoisotopic (exact) mass is 482 g/mol. The molecule has 7 nitrogen and oxygen atoms in total. The lowest BCUT2D eigenvalue weighted by Gasteiger charge is -2.22. The number of benzene rings is 2. The van der Waals surface area contributed by atoms with E-state index in [1.165, 1.54) is 0 Å². The number of carboxylic acids is 1. The molecule has 0 saturated heterocycles. The lowest BCUT2D eigenvalue weighted by molar-refractivity contribution is -0.139. The van der Waals surface area contributed by atoms with Crippen molar-refractivity contribution < 1.29 is 41.8 Å². The number of hydrogen-bond acceptors (Lipinski definition) is 4. The summed E-state index contributed by atoms with van der Waals surface area (Å²) in [5, 5.41) is 12.4. The van der Waals surface area contributed by atoms with E-state index >= 15 is 0 Å². The summed E-state index contributed by atoms with van der Waals surface area (Å²) < 4.78 is 57.1. The largest absolute Gasteiger partial charge is 0.481 e. The van der Waals surface area contributed by atoms with Crippen molar-refractivity contribution in [2.24, 2.45) is 0 Å². The Bertz CT molecular complexity index is 1000. The van der Waals surface area contributed by atoms with E-state index < -0.39 is 55.7 Å². The smallest absolute Gasteiger partial charge is 0.407 e. The minimum absolute atomic E-state index is 0.151. The van der Waals surface area contributed by atoms with E-state index in [0.29, 0.717) is 0 Å². The van der Waals surface area contributed by atoms with Gasteiger partial charge in [-0.15, -0.1) is 0 Å². The van der Waals surface area contributed by atoms with Crippen LogP contribution in [0.2, 0.25) is 0 Å².